The largest absolute Gasteiger partial charge is 0.345 e. The van der Waals surface area contributed by atoms with Crippen molar-refractivity contribution < 1.29 is 9.18 Å². The molecule has 0 saturated carbocycles. The van der Waals surface area contributed by atoms with Crippen LogP contribution >= 0.6 is 11.6 Å². The summed E-state index contributed by atoms with van der Waals surface area (Å²) < 4.78 is 15.0. The van der Waals surface area contributed by atoms with Crippen LogP contribution in [0.3, 0.4) is 0 Å². The number of amides is 1. The van der Waals surface area contributed by atoms with Gasteiger partial charge in [-0.25, -0.2) is 9.07 Å². The van der Waals surface area contributed by atoms with Crippen molar-refractivity contribution in [3.05, 3.63) is 80.7 Å². The van der Waals surface area contributed by atoms with E-state index >= 15 is 0 Å². The van der Waals surface area contributed by atoms with Gasteiger partial charge >= 0.3 is 0 Å². The van der Waals surface area contributed by atoms with Gasteiger partial charge in [0, 0.05) is 17.5 Å². The monoisotopic (exact) mass is 374 g/mol. The average Bonchev–Trinajstić information content (AvgIpc) is 2.99. The number of pyridine rings is 1. The molecule has 1 aromatic carbocycles. The van der Waals surface area contributed by atoms with Gasteiger partial charge in [0.1, 0.15) is 10.8 Å². The van der Waals surface area contributed by atoms with Gasteiger partial charge in [-0.3, -0.25) is 9.59 Å². The maximum atomic E-state index is 13.4. The fourth-order valence-electron chi connectivity index (χ4n) is 2.66. The molecule has 0 aliphatic rings. The standard InChI is InChI=1S/C18H16ClFN4O2/c1-10(23-17(25)12-6-16(19)18(26)21-8-12)15-9-22-24(11(15)2)14-5-3-4-13(20)7-14/h3-10H,1-2H3,(H,21,26)(H,23,25). The second-order valence-corrected chi connectivity index (χ2v) is 6.24. The predicted molar refractivity (Wildman–Crippen MR) is 96.2 cm³/mol. The van der Waals surface area contributed by atoms with E-state index in [1.807, 2.05) is 13.8 Å². The summed E-state index contributed by atoms with van der Waals surface area (Å²) in [4.78, 5) is 26.0. The van der Waals surface area contributed by atoms with Gasteiger partial charge < -0.3 is 10.3 Å². The summed E-state index contributed by atoms with van der Waals surface area (Å²) in [7, 11) is 0. The molecule has 0 radical (unpaired) electrons. The van der Waals surface area contributed by atoms with Crippen molar-refractivity contribution in [3.8, 4) is 5.69 Å². The van der Waals surface area contributed by atoms with Gasteiger partial charge in [-0.15, -0.1) is 0 Å². The minimum atomic E-state index is -0.455. The number of aromatic amines is 1. The molecule has 1 amide bonds. The lowest BCUT2D eigenvalue weighted by Gasteiger charge is -2.14. The molecule has 1 atom stereocenters. The minimum absolute atomic E-state index is 0.0552. The van der Waals surface area contributed by atoms with Crippen molar-refractivity contribution in [2.45, 2.75) is 19.9 Å². The molecule has 3 rings (SSSR count). The van der Waals surface area contributed by atoms with Gasteiger partial charge in [0.05, 0.1) is 23.5 Å². The van der Waals surface area contributed by atoms with Gasteiger partial charge in [0.2, 0.25) is 0 Å². The molecule has 134 valence electrons. The van der Waals surface area contributed by atoms with Crippen molar-refractivity contribution >= 4 is 17.5 Å². The van der Waals surface area contributed by atoms with E-state index in [4.69, 9.17) is 11.6 Å². The Bertz CT molecular complexity index is 1030. The number of rotatable bonds is 4. The molecule has 2 aromatic heterocycles. The third-order valence-corrected chi connectivity index (χ3v) is 4.32. The van der Waals surface area contributed by atoms with Crippen LogP contribution in [-0.2, 0) is 0 Å². The van der Waals surface area contributed by atoms with E-state index in [0.29, 0.717) is 5.69 Å². The molecule has 6 nitrogen and oxygen atoms in total. The van der Waals surface area contributed by atoms with E-state index < -0.39 is 5.56 Å². The summed E-state index contributed by atoms with van der Waals surface area (Å²) in [6, 6.07) is 7.06. The first kappa shape index (κ1) is 17.9. The van der Waals surface area contributed by atoms with Crippen molar-refractivity contribution in [2.24, 2.45) is 0 Å². The molecule has 0 bridgehead atoms. The van der Waals surface area contributed by atoms with Crippen LogP contribution in [0.4, 0.5) is 4.39 Å². The highest BCUT2D eigenvalue weighted by Gasteiger charge is 2.18. The molecule has 26 heavy (non-hydrogen) atoms. The topological polar surface area (TPSA) is 79.8 Å². The molecule has 0 fully saturated rings. The van der Waals surface area contributed by atoms with Gasteiger partial charge in [-0.2, -0.15) is 5.10 Å². The highest BCUT2D eigenvalue weighted by Crippen LogP contribution is 2.21. The number of carbonyl (C=O) groups is 1. The maximum absolute atomic E-state index is 13.4. The van der Waals surface area contributed by atoms with Gasteiger partial charge in [0.15, 0.2) is 0 Å². The van der Waals surface area contributed by atoms with Crippen molar-refractivity contribution in [1.29, 1.82) is 0 Å². The Morgan fingerprint density at radius 2 is 2.15 bits per heavy atom. The number of hydrogen-bond acceptors (Lipinski definition) is 3. The number of hydrogen-bond donors (Lipinski definition) is 2. The Morgan fingerprint density at radius 1 is 1.38 bits per heavy atom. The number of halogens is 2. The summed E-state index contributed by atoms with van der Waals surface area (Å²) in [6.45, 7) is 3.65. The first-order chi connectivity index (χ1) is 12.4. The molecule has 2 N–H and O–H groups in total. The van der Waals surface area contributed by atoms with E-state index in [2.05, 4.69) is 15.4 Å². The van der Waals surface area contributed by atoms with Gasteiger partial charge in [-0.1, -0.05) is 17.7 Å². The molecule has 2 heterocycles. The molecule has 0 saturated heterocycles. The van der Waals surface area contributed by atoms with Gasteiger partial charge in [-0.05, 0) is 38.1 Å². The van der Waals surface area contributed by atoms with Crippen LogP contribution in [0.15, 0.2) is 47.5 Å². The fourth-order valence-corrected chi connectivity index (χ4v) is 2.83. The summed E-state index contributed by atoms with van der Waals surface area (Å²) in [5.74, 6) is -0.733. The minimum Gasteiger partial charge on any atom is -0.345 e. The zero-order chi connectivity index (χ0) is 18.8. The molecule has 3 aromatic rings. The quantitative estimate of drug-likeness (QED) is 0.736. The molecular weight excluding hydrogens is 359 g/mol. The first-order valence-electron chi connectivity index (χ1n) is 7.86. The summed E-state index contributed by atoms with van der Waals surface area (Å²) in [6.07, 6.45) is 2.93. The lowest BCUT2D eigenvalue weighted by atomic mass is 10.1. The SMILES string of the molecule is Cc1c(C(C)NC(=O)c2c[nH]c(=O)c(Cl)c2)cnn1-c1cccc(F)c1. The average molecular weight is 375 g/mol. The predicted octanol–water partition coefficient (Wildman–Crippen LogP) is 3.15. The van der Waals surface area contributed by atoms with Crippen LogP contribution in [0.25, 0.3) is 5.69 Å². The Labute approximate surface area is 153 Å². The lowest BCUT2D eigenvalue weighted by molar-refractivity contribution is 0.0939. The Kier molecular flexibility index (Phi) is 4.90. The molecule has 0 aliphatic carbocycles. The van der Waals surface area contributed by atoms with Crippen LogP contribution in [0.1, 0.15) is 34.6 Å². The van der Waals surface area contributed by atoms with E-state index in [1.165, 1.54) is 24.4 Å². The number of nitrogens with one attached hydrogen (secondary N) is 2. The number of benzene rings is 1. The van der Waals surface area contributed by atoms with Crippen molar-refractivity contribution in [1.82, 2.24) is 20.1 Å². The van der Waals surface area contributed by atoms with Crippen LogP contribution in [0, 0.1) is 12.7 Å². The fraction of sp³-hybridized carbons (Fsp3) is 0.167. The van der Waals surface area contributed by atoms with Crippen LogP contribution in [0.2, 0.25) is 5.02 Å². The number of H-pyrrole nitrogens is 1. The lowest BCUT2D eigenvalue weighted by Crippen LogP contribution is -2.27. The van der Waals surface area contributed by atoms with E-state index in [0.717, 1.165) is 11.3 Å². The number of aromatic nitrogens is 3. The second-order valence-electron chi connectivity index (χ2n) is 5.84. The molecular formula is C18H16ClFN4O2. The van der Waals surface area contributed by atoms with Crippen molar-refractivity contribution in [2.75, 3.05) is 0 Å². The highest BCUT2D eigenvalue weighted by molar-refractivity contribution is 6.30. The van der Waals surface area contributed by atoms with E-state index in [1.54, 1.807) is 23.0 Å². The summed E-state index contributed by atoms with van der Waals surface area (Å²) >= 11 is 5.75. The zero-order valence-electron chi connectivity index (χ0n) is 14.1. The van der Waals surface area contributed by atoms with Crippen LogP contribution in [-0.4, -0.2) is 20.7 Å². The first-order valence-corrected chi connectivity index (χ1v) is 8.24. The Morgan fingerprint density at radius 3 is 2.85 bits per heavy atom. The summed E-state index contributed by atoms with van der Waals surface area (Å²) in [5, 5.41) is 7.06. The third kappa shape index (κ3) is 3.52. The van der Waals surface area contributed by atoms with Gasteiger partial charge in [0.25, 0.3) is 11.5 Å². The molecule has 0 aliphatic heterocycles. The summed E-state index contributed by atoms with van der Waals surface area (Å²) in [5.41, 5.74) is 1.96. The normalized spacial score (nSPS) is 12.0. The highest BCUT2D eigenvalue weighted by atomic mass is 35.5. The van der Waals surface area contributed by atoms with Crippen molar-refractivity contribution in [3.63, 3.8) is 0 Å². The van der Waals surface area contributed by atoms with Crippen LogP contribution < -0.4 is 10.9 Å². The molecule has 1 unspecified atom stereocenters. The van der Waals surface area contributed by atoms with E-state index in [-0.39, 0.29) is 28.4 Å². The smallest absolute Gasteiger partial charge is 0.266 e. The Balaban J connectivity index is 1.82. The Hall–Kier alpha value is -2.93. The molecule has 0 spiro atoms. The number of carbonyl (C=O) groups excluding carboxylic acids is 1. The second kappa shape index (κ2) is 7.13. The van der Waals surface area contributed by atoms with Crippen LogP contribution in [0.5, 0.6) is 0 Å². The van der Waals surface area contributed by atoms with E-state index in [9.17, 15) is 14.0 Å². The maximum Gasteiger partial charge on any atom is 0.266 e. The third-order valence-electron chi connectivity index (χ3n) is 4.03. The molecule has 8 heteroatoms. The number of nitrogens with zero attached hydrogens (tertiary/aromatic N) is 2. The zero-order valence-corrected chi connectivity index (χ0v) is 14.8.